The fourth-order valence-corrected chi connectivity index (χ4v) is 2.83. The van der Waals surface area contributed by atoms with Crippen molar-refractivity contribution in [1.82, 2.24) is 21.0 Å². The molecular weight excluding hydrogens is 394 g/mol. The van der Waals surface area contributed by atoms with Gasteiger partial charge in [-0.25, -0.2) is 4.79 Å². The van der Waals surface area contributed by atoms with Gasteiger partial charge in [0.15, 0.2) is 0 Å². The van der Waals surface area contributed by atoms with Gasteiger partial charge in [-0.1, -0.05) is 6.42 Å². The first-order valence-corrected chi connectivity index (χ1v) is 10.3. The van der Waals surface area contributed by atoms with Crippen LogP contribution in [0.3, 0.4) is 0 Å². The Labute approximate surface area is 178 Å². The molecule has 1 fully saturated rings. The fraction of sp³-hybridized carbons (Fsp3) is 0.842. The zero-order chi connectivity index (χ0) is 22.6. The van der Waals surface area contributed by atoms with Crippen molar-refractivity contribution in [3.63, 3.8) is 0 Å². The maximum absolute atomic E-state index is 12.9. The van der Waals surface area contributed by atoms with Gasteiger partial charge in [0.05, 0.1) is 19.3 Å². The molecule has 1 aliphatic rings. The number of morpholine rings is 1. The van der Waals surface area contributed by atoms with Gasteiger partial charge in [-0.2, -0.15) is 5.48 Å². The zero-order valence-electron chi connectivity index (χ0n) is 18.5. The molecule has 0 aromatic carbocycles. The van der Waals surface area contributed by atoms with Crippen molar-refractivity contribution in [2.45, 2.75) is 57.7 Å². The third-order valence-corrected chi connectivity index (χ3v) is 4.35. The summed E-state index contributed by atoms with van der Waals surface area (Å²) in [6.07, 6.45) is 1.41. The second kappa shape index (κ2) is 13.4. The van der Waals surface area contributed by atoms with Crippen LogP contribution in [-0.4, -0.2) is 87.0 Å². The van der Waals surface area contributed by atoms with Crippen LogP contribution >= 0.6 is 0 Å². The predicted octanol–water partition coefficient (Wildman–Crippen LogP) is -0.497. The summed E-state index contributed by atoms with van der Waals surface area (Å²) in [5.74, 6) is -0.614. The zero-order valence-corrected chi connectivity index (χ0v) is 18.5. The number of hydrogen-bond donors (Lipinski definition) is 4. The van der Waals surface area contributed by atoms with E-state index in [1.54, 1.807) is 32.7 Å². The number of likely N-dealkylation sites (N-methyl/N-ethyl adjacent to an activating group) is 1. The van der Waals surface area contributed by atoms with E-state index in [0.29, 0.717) is 39.3 Å². The normalized spacial score (nSPS) is 16.5. The molecule has 0 aromatic heterocycles. The number of nitrogens with one attached hydrogen (secondary N) is 3. The van der Waals surface area contributed by atoms with E-state index >= 15 is 0 Å². The first-order chi connectivity index (χ1) is 14.2. The number of ether oxygens (including phenoxy) is 2. The van der Waals surface area contributed by atoms with Gasteiger partial charge < -0.3 is 30.7 Å². The second-order valence-electron chi connectivity index (χ2n) is 8.04. The molecule has 0 radical (unpaired) electrons. The summed E-state index contributed by atoms with van der Waals surface area (Å²) in [4.78, 5) is 44.1. The summed E-state index contributed by atoms with van der Waals surface area (Å²) in [5.41, 5.74) is 6.97. The summed E-state index contributed by atoms with van der Waals surface area (Å²) in [5, 5.41) is 5.69. The molecule has 174 valence electrons. The predicted molar refractivity (Wildman–Crippen MR) is 110 cm³/mol. The summed E-state index contributed by atoms with van der Waals surface area (Å²) in [6, 6.07) is -1.42. The lowest BCUT2D eigenvalue weighted by Gasteiger charge is -2.31. The van der Waals surface area contributed by atoms with Crippen LogP contribution in [0.25, 0.3) is 0 Å². The lowest BCUT2D eigenvalue weighted by Crippen LogP contribution is -2.57. The van der Waals surface area contributed by atoms with Crippen molar-refractivity contribution in [1.29, 1.82) is 0 Å². The number of rotatable bonds is 11. The third-order valence-electron chi connectivity index (χ3n) is 4.35. The number of nitrogens with zero attached hydrogens (tertiary/aromatic N) is 1. The molecule has 0 aromatic rings. The number of carbonyl (C=O) groups is 3. The van der Waals surface area contributed by atoms with Crippen LogP contribution in [0, 0.1) is 0 Å². The molecule has 1 rings (SSSR count). The number of amides is 3. The van der Waals surface area contributed by atoms with Crippen LogP contribution in [0.4, 0.5) is 4.79 Å². The van der Waals surface area contributed by atoms with E-state index in [1.165, 1.54) is 0 Å². The molecule has 5 N–H and O–H groups in total. The van der Waals surface area contributed by atoms with Crippen molar-refractivity contribution in [3.8, 4) is 0 Å². The molecule has 0 aliphatic carbocycles. The number of nitrogens with two attached hydrogens (primary N) is 1. The summed E-state index contributed by atoms with van der Waals surface area (Å²) >= 11 is 0. The SMILES string of the molecule is CNC(CCCCN)C(=O)NC(CONC(=O)OC(C)(C)C)C(=O)N1CCOCC1. The first kappa shape index (κ1) is 26.1. The maximum atomic E-state index is 12.9. The van der Waals surface area contributed by atoms with Gasteiger partial charge in [0.1, 0.15) is 18.2 Å². The van der Waals surface area contributed by atoms with Gasteiger partial charge >= 0.3 is 6.09 Å². The van der Waals surface area contributed by atoms with E-state index in [9.17, 15) is 14.4 Å². The smallest absolute Gasteiger partial charge is 0.431 e. The van der Waals surface area contributed by atoms with Crippen LogP contribution < -0.4 is 21.8 Å². The monoisotopic (exact) mass is 431 g/mol. The molecule has 11 nitrogen and oxygen atoms in total. The fourth-order valence-electron chi connectivity index (χ4n) is 2.83. The highest BCUT2D eigenvalue weighted by Gasteiger charge is 2.30. The van der Waals surface area contributed by atoms with E-state index in [4.69, 9.17) is 20.0 Å². The van der Waals surface area contributed by atoms with Crippen LogP contribution in [-0.2, 0) is 23.9 Å². The van der Waals surface area contributed by atoms with E-state index in [-0.39, 0.29) is 18.4 Å². The van der Waals surface area contributed by atoms with E-state index in [0.717, 1.165) is 12.8 Å². The van der Waals surface area contributed by atoms with Gasteiger partial charge in [-0.15, -0.1) is 0 Å². The lowest BCUT2D eigenvalue weighted by molar-refractivity contribution is -0.143. The largest absolute Gasteiger partial charge is 0.442 e. The van der Waals surface area contributed by atoms with Crippen molar-refractivity contribution in [2.75, 3.05) is 46.5 Å². The quantitative estimate of drug-likeness (QED) is 0.253. The van der Waals surface area contributed by atoms with E-state index in [1.807, 2.05) is 0 Å². The maximum Gasteiger partial charge on any atom is 0.431 e. The van der Waals surface area contributed by atoms with E-state index in [2.05, 4.69) is 16.1 Å². The second-order valence-corrected chi connectivity index (χ2v) is 8.04. The van der Waals surface area contributed by atoms with Gasteiger partial charge in [-0.3, -0.25) is 14.4 Å². The molecule has 11 heteroatoms. The minimum absolute atomic E-state index is 0.236. The average Bonchev–Trinajstić information content (AvgIpc) is 2.69. The van der Waals surface area contributed by atoms with Crippen molar-refractivity contribution >= 4 is 17.9 Å². The highest BCUT2D eigenvalue weighted by Crippen LogP contribution is 2.07. The Balaban J connectivity index is 2.70. The number of hydroxylamine groups is 1. The third kappa shape index (κ3) is 10.2. The van der Waals surface area contributed by atoms with Gasteiger partial charge in [-0.05, 0) is 47.2 Å². The molecule has 30 heavy (non-hydrogen) atoms. The molecule has 2 unspecified atom stereocenters. The molecule has 1 aliphatic heterocycles. The number of carbonyl (C=O) groups excluding carboxylic acids is 3. The Hall–Kier alpha value is -1.95. The van der Waals surface area contributed by atoms with Gasteiger partial charge in [0, 0.05) is 13.1 Å². The molecule has 0 spiro atoms. The molecule has 0 bridgehead atoms. The average molecular weight is 432 g/mol. The molecule has 1 heterocycles. The van der Waals surface area contributed by atoms with Crippen molar-refractivity contribution in [2.24, 2.45) is 5.73 Å². The Kier molecular flexibility index (Phi) is 11.6. The van der Waals surface area contributed by atoms with Crippen molar-refractivity contribution < 1.29 is 28.7 Å². The Morgan fingerprint density at radius 1 is 1.13 bits per heavy atom. The standard InChI is InChI=1S/C19H37N5O6/c1-19(2,3)30-18(27)23-29-13-15(17(26)24-9-11-28-12-10-24)22-16(25)14(21-4)7-5-6-8-20/h14-15,21H,5-13,20H2,1-4H3,(H,22,25)(H,23,27). The molecule has 3 amide bonds. The van der Waals surface area contributed by atoms with Crippen LogP contribution in [0.1, 0.15) is 40.0 Å². The molecule has 0 saturated carbocycles. The van der Waals surface area contributed by atoms with E-state index < -0.39 is 23.8 Å². The summed E-state index contributed by atoms with van der Waals surface area (Å²) < 4.78 is 10.4. The summed E-state index contributed by atoms with van der Waals surface area (Å²) in [6.45, 7) is 7.21. The molecular formula is C19H37N5O6. The number of unbranched alkanes of at least 4 members (excludes halogenated alkanes) is 1. The first-order valence-electron chi connectivity index (χ1n) is 10.3. The minimum Gasteiger partial charge on any atom is -0.442 e. The molecule has 2 atom stereocenters. The van der Waals surface area contributed by atoms with Crippen LogP contribution in [0.5, 0.6) is 0 Å². The summed E-state index contributed by atoms with van der Waals surface area (Å²) in [7, 11) is 1.69. The topological polar surface area (TPSA) is 144 Å². The lowest BCUT2D eigenvalue weighted by atomic mass is 10.1. The van der Waals surface area contributed by atoms with Crippen LogP contribution in [0.15, 0.2) is 0 Å². The van der Waals surface area contributed by atoms with Gasteiger partial charge in [0.25, 0.3) is 0 Å². The Morgan fingerprint density at radius 3 is 2.37 bits per heavy atom. The minimum atomic E-state index is -0.962. The Bertz CT molecular complexity index is 548. The molecule has 1 saturated heterocycles. The van der Waals surface area contributed by atoms with Crippen molar-refractivity contribution in [3.05, 3.63) is 0 Å². The Morgan fingerprint density at radius 2 is 1.80 bits per heavy atom. The highest BCUT2D eigenvalue weighted by atomic mass is 16.7. The van der Waals surface area contributed by atoms with Crippen LogP contribution in [0.2, 0.25) is 0 Å². The number of hydrogen-bond acceptors (Lipinski definition) is 8. The van der Waals surface area contributed by atoms with Gasteiger partial charge in [0.2, 0.25) is 11.8 Å². The highest BCUT2D eigenvalue weighted by molar-refractivity contribution is 5.90.